The van der Waals surface area contributed by atoms with Gasteiger partial charge in [0.1, 0.15) is 12.7 Å². The highest BCUT2D eigenvalue weighted by atomic mass is 35.5. The van der Waals surface area contributed by atoms with Crippen LogP contribution in [0, 0.1) is 0 Å². The number of carbonyl (C=O) groups is 2. The van der Waals surface area contributed by atoms with Gasteiger partial charge in [0.2, 0.25) is 0 Å². The van der Waals surface area contributed by atoms with E-state index in [-0.39, 0.29) is 45.4 Å². The molecule has 0 spiro atoms. The van der Waals surface area contributed by atoms with Gasteiger partial charge in [0, 0.05) is 12.0 Å². The zero-order valence-corrected chi connectivity index (χ0v) is 15.2. The van der Waals surface area contributed by atoms with Crippen LogP contribution in [0.15, 0.2) is 35.3 Å². The topological polar surface area (TPSA) is 99.0 Å². The minimum Gasteiger partial charge on any atom is -0.294 e. The van der Waals surface area contributed by atoms with Gasteiger partial charge in [-0.05, 0) is 37.0 Å². The van der Waals surface area contributed by atoms with E-state index in [1.54, 1.807) is 0 Å². The summed E-state index contributed by atoms with van der Waals surface area (Å²) in [4.78, 5) is 29.6. The molecule has 1 aliphatic carbocycles. The average molecular weight is 392 g/mol. The van der Waals surface area contributed by atoms with Crippen LogP contribution in [0.1, 0.15) is 35.2 Å². The second-order valence-electron chi connectivity index (χ2n) is 6.24. The highest BCUT2D eigenvalue weighted by molar-refractivity contribution is 7.91. The third-order valence-electron chi connectivity index (χ3n) is 4.71. The van der Waals surface area contributed by atoms with Crippen LogP contribution in [0.5, 0.6) is 0 Å². The molecule has 4 rings (SSSR count). The van der Waals surface area contributed by atoms with Gasteiger partial charge < -0.3 is 0 Å². The Hall–Kier alpha value is -2.32. The summed E-state index contributed by atoms with van der Waals surface area (Å²) in [6, 6.07) is 2.79. The van der Waals surface area contributed by atoms with Gasteiger partial charge in [-0.1, -0.05) is 11.6 Å². The van der Waals surface area contributed by atoms with Gasteiger partial charge in [0.15, 0.2) is 21.4 Å². The van der Waals surface area contributed by atoms with Gasteiger partial charge in [0.25, 0.3) is 0 Å². The Labute approximate surface area is 154 Å². The smallest absolute Gasteiger partial charge is 0.199 e. The number of rotatable bonds is 3. The summed E-state index contributed by atoms with van der Waals surface area (Å²) >= 11 is 6.36. The third kappa shape index (κ3) is 2.60. The van der Waals surface area contributed by atoms with Crippen LogP contribution in [0.2, 0.25) is 5.02 Å². The number of aromatic nitrogens is 3. The molecule has 2 aliphatic rings. The Bertz CT molecular complexity index is 1070. The lowest BCUT2D eigenvalue weighted by molar-refractivity contribution is -0.115. The molecule has 1 aromatic carbocycles. The maximum absolute atomic E-state index is 13.1. The minimum atomic E-state index is -3.35. The van der Waals surface area contributed by atoms with Crippen LogP contribution in [-0.4, -0.2) is 40.5 Å². The lowest BCUT2D eigenvalue weighted by Crippen LogP contribution is -2.22. The SMILES string of the molecule is O=C1CCCC(n2cncn2)=C1C(=O)c1ccc2c(c1Cl)CCS2(=O)=O. The Kier molecular flexibility index (Phi) is 4.04. The summed E-state index contributed by atoms with van der Waals surface area (Å²) < 4.78 is 25.5. The van der Waals surface area contributed by atoms with Crippen molar-refractivity contribution in [1.29, 1.82) is 0 Å². The fourth-order valence-electron chi connectivity index (χ4n) is 3.45. The maximum Gasteiger partial charge on any atom is 0.199 e. The molecule has 0 bridgehead atoms. The zero-order valence-electron chi connectivity index (χ0n) is 13.6. The van der Waals surface area contributed by atoms with Crippen LogP contribution in [0.25, 0.3) is 5.70 Å². The molecule has 0 N–H and O–H groups in total. The van der Waals surface area contributed by atoms with Crippen LogP contribution in [-0.2, 0) is 21.1 Å². The van der Waals surface area contributed by atoms with Crippen molar-refractivity contribution in [3.05, 3.63) is 46.5 Å². The molecular formula is C17H14ClN3O4S. The van der Waals surface area contributed by atoms with Crippen molar-refractivity contribution in [2.75, 3.05) is 5.75 Å². The molecule has 1 aromatic heterocycles. The van der Waals surface area contributed by atoms with E-state index in [0.29, 0.717) is 24.1 Å². The van der Waals surface area contributed by atoms with E-state index >= 15 is 0 Å². The summed E-state index contributed by atoms with van der Waals surface area (Å²) in [6.45, 7) is 0. The quantitative estimate of drug-likeness (QED) is 0.587. The highest BCUT2D eigenvalue weighted by Gasteiger charge is 2.34. The summed E-state index contributed by atoms with van der Waals surface area (Å²) in [7, 11) is -3.35. The maximum atomic E-state index is 13.1. The highest BCUT2D eigenvalue weighted by Crippen LogP contribution is 2.36. The molecule has 2 heterocycles. The molecule has 0 unspecified atom stereocenters. The van der Waals surface area contributed by atoms with Crippen molar-refractivity contribution in [3.63, 3.8) is 0 Å². The zero-order chi connectivity index (χ0) is 18.5. The number of nitrogens with zero attached hydrogens (tertiary/aromatic N) is 3. The first-order chi connectivity index (χ1) is 12.4. The van der Waals surface area contributed by atoms with Crippen LogP contribution < -0.4 is 0 Å². The second kappa shape index (κ2) is 6.14. The number of allylic oxidation sites excluding steroid dienone is 2. The Morgan fingerprint density at radius 2 is 2.00 bits per heavy atom. The molecule has 0 saturated heterocycles. The molecule has 0 fully saturated rings. The minimum absolute atomic E-state index is 0.0223. The molecule has 2 aromatic rings. The van der Waals surface area contributed by atoms with Gasteiger partial charge in [-0.15, -0.1) is 0 Å². The number of halogens is 1. The van der Waals surface area contributed by atoms with Crippen molar-refractivity contribution < 1.29 is 18.0 Å². The molecule has 9 heteroatoms. The van der Waals surface area contributed by atoms with Gasteiger partial charge in [-0.3, -0.25) is 9.59 Å². The monoisotopic (exact) mass is 391 g/mol. The molecule has 0 radical (unpaired) electrons. The van der Waals surface area contributed by atoms with Crippen LogP contribution in [0.4, 0.5) is 0 Å². The molecule has 0 amide bonds. The van der Waals surface area contributed by atoms with E-state index in [0.717, 1.165) is 0 Å². The van der Waals surface area contributed by atoms with Crippen LogP contribution in [0.3, 0.4) is 0 Å². The standard InChI is InChI=1S/C17H14ClN3O4S/c18-16-10-6-7-26(24,25)14(10)5-4-11(16)17(23)15-12(2-1-3-13(15)22)21-9-19-8-20-21/h4-5,8-9H,1-3,6-7H2. The number of hydrogen-bond acceptors (Lipinski definition) is 6. The summed E-state index contributed by atoms with van der Waals surface area (Å²) in [5.74, 6) is -0.792. The number of benzene rings is 1. The first-order valence-corrected chi connectivity index (χ1v) is 10.1. The number of fused-ring (bicyclic) bond motifs is 1. The molecule has 134 valence electrons. The second-order valence-corrected chi connectivity index (χ2v) is 8.70. The Morgan fingerprint density at radius 3 is 2.73 bits per heavy atom. The predicted molar refractivity (Wildman–Crippen MR) is 93.6 cm³/mol. The fourth-order valence-corrected chi connectivity index (χ4v) is 5.39. The van der Waals surface area contributed by atoms with E-state index < -0.39 is 15.6 Å². The lowest BCUT2D eigenvalue weighted by atomic mass is 9.88. The molecule has 0 atom stereocenters. The van der Waals surface area contributed by atoms with Gasteiger partial charge in [0.05, 0.1) is 26.9 Å². The van der Waals surface area contributed by atoms with Gasteiger partial charge in [-0.25, -0.2) is 18.1 Å². The first kappa shape index (κ1) is 17.1. The van der Waals surface area contributed by atoms with Gasteiger partial charge >= 0.3 is 0 Å². The number of carbonyl (C=O) groups excluding carboxylic acids is 2. The van der Waals surface area contributed by atoms with Crippen molar-refractivity contribution in [2.45, 2.75) is 30.6 Å². The third-order valence-corrected chi connectivity index (χ3v) is 6.93. The van der Waals surface area contributed by atoms with Crippen LogP contribution >= 0.6 is 11.6 Å². The predicted octanol–water partition coefficient (Wildman–Crippen LogP) is 2.11. The van der Waals surface area contributed by atoms with Crippen molar-refractivity contribution in [1.82, 2.24) is 14.8 Å². The van der Waals surface area contributed by atoms with E-state index in [1.165, 1.54) is 29.5 Å². The Morgan fingerprint density at radius 1 is 1.19 bits per heavy atom. The number of Topliss-reactive ketones (excluding diaryl/α,β-unsaturated/α-hetero) is 2. The summed E-state index contributed by atoms with van der Waals surface area (Å²) in [5, 5.41) is 4.14. The average Bonchev–Trinajstić information content (AvgIpc) is 3.23. The molecule has 0 saturated carbocycles. The number of hydrogen-bond donors (Lipinski definition) is 0. The van der Waals surface area contributed by atoms with Crippen molar-refractivity contribution in [3.8, 4) is 0 Å². The molecule has 26 heavy (non-hydrogen) atoms. The summed E-state index contributed by atoms with van der Waals surface area (Å²) in [5.41, 5.74) is 1.13. The molecule has 7 nitrogen and oxygen atoms in total. The van der Waals surface area contributed by atoms with E-state index in [4.69, 9.17) is 11.6 Å². The summed E-state index contributed by atoms with van der Waals surface area (Å²) in [6.07, 6.45) is 4.46. The van der Waals surface area contributed by atoms with E-state index in [2.05, 4.69) is 10.1 Å². The molecule has 1 aliphatic heterocycles. The van der Waals surface area contributed by atoms with E-state index in [1.807, 2.05) is 0 Å². The first-order valence-electron chi connectivity index (χ1n) is 8.10. The van der Waals surface area contributed by atoms with Crippen molar-refractivity contribution >= 4 is 38.7 Å². The fraction of sp³-hybridized carbons (Fsp3) is 0.294. The van der Waals surface area contributed by atoms with Crippen molar-refractivity contribution in [2.24, 2.45) is 0 Å². The number of ketones is 2. The lowest BCUT2D eigenvalue weighted by Gasteiger charge is -2.19. The van der Waals surface area contributed by atoms with E-state index in [9.17, 15) is 18.0 Å². The normalized spacial score (nSPS) is 18.9. The number of sulfone groups is 1. The molecular weight excluding hydrogens is 378 g/mol. The Balaban J connectivity index is 1.86. The van der Waals surface area contributed by atoms with Gasteiger partial charge in [-0.2, -0.15) is 5.10 Å². The largest absolute Gasteiger partial charge is 0.294 e.